The zero-order valence-corrected chi connectivity index (χ0v) is 12.5. The Kier molecular flexibility index (Phi) is 5.52. The molecule has 0 amide bonds. The van der Waals surface area contributed by atoms with Gasteiger partial charge in [-0.05, 0) is 36.0 Å². The van der Waals surface area contributed by atoms with E-state index in [1.165, 1.54) is 11.3 Å². The lowest BCUT2D eigenvalue weighted by Crippen LogP contribution is -2.31. The van der Waals surface area contributed by atoms with E-state index in [9.17, 15) is 0 Å². The number of nitrogen functional groups attached to an aromatic ring is 1. The van der Waals surface area contributed by atoms with Crippen molar-refractivity contribution < 1.29 is 0 Å². The van der Waals surface area contributed by atoms with Crippen LogP contribution in [0, 0.1) is 11.8 Å². The third kappa shape index (κ3) is 4.25. The predicted octanol–water partition coefficient (Wildman–Crippen LogP) is 3.95. The lowest BCUT2D eigenvalue weighted by molar-refractivity contribution is 0.553. The van der Waals surface area contributed by atoms with Gasteiger partial charge in [-0.25, -0.2) is 0 Å². The fourth-order valence-electron chi connectivity index (χ4n) is 2.27. The summed E-state index contributed by atoms with van der Waals surface area (Å²) in [4.78, 5) is 2.45. The smallest absolute Gasteiger partial charge is 0.0387 e. The second-order valence-electron chi connectivity index (χ2n) is 5.93. The molecule has 0 heterocycles. The summed E-state index contributed by atoms with van der Waals surface area (Å²) in [6, 6.07) is 6.50. The molecule has 0 aliphatic carbocycles. The highest BCUT2D eigenvalue weighted by molar-refractivity contribution is 5.60. The van der Waals surface area contributed by atoms with E-state index in [-0.39, 0.29) is 0 Å². The zero-order chi connectivity index (χ0) is 13.7. The molecule has 0 unspecified atom stereocenters. The van der Waals surface area contributed by atoms with Crippen molar-refractivity contribution in [2.45, 2.75) is 41.0 Å². The number of anilines is 2. The van der Waals surface area contributed by atoms with Gasteiger partial charge in [0.1, 0.15) is 0 Å². The molecule has 1 aromatic rings. The van der Waals surface area contributed by atoms with Crippen LogP contribution in [0.5, 0.6) is 0 Å². The maximum atomic E-state index is 6.10. The monoisotopic (exact) mass is 248 g/mol. The molecular weight excluding hydrogens is 220 g/mol. The normalized spacial score (nSPS) is 11.3. The molecule has 2 nitrogen and oxygen atoms in total. The molecule has 2 N–H and O–H groups in total. The number of hydrogen-bond acceptors (Lipinski definition) is 2. The van der Waals surface area contributed by atoms with Gasteiger partial charge in [-0.1, -0.05) is 40.7 Å². The van der Waals surface area contributed by atoms with Crippen LogP contribution in [-0.2, 0) is 6.42 Å². The quantitative estimate of drug-likeness (QED) is 0.772. The minimum absolute atomic E-state index is 0.663. The number of nitrogens with zero attached hydrogens (tertiary/aromatic N) is 1. The van der Waals surface area contributed by atoms with Gasteiger partial charge in [-0.15, -0.1) is 0 Å². The van der Waals surface area contributed by atoms with Crippen molar-refractivity contribution in [2.75, 3.05) is 23.7 Å². The fraction of sp³-hybridized carbons (Fsp3) is 0.625. The Hall–Kier alpha value is -1.18. The molecule has 0 aliphatic heterocycles. The van der Waals surface area contributed by atoms with Gasteiger partial charge in [0.05, 0.1) is 0 Å². The van der Waals surface area contributed by atoms with Crippen LogP contribution in [0.25, 0.3) is 0 Å². The van der Waals surface area contributed by atoms with Crippen molar-refractivity contribution in [1.29, 1.82) is 0 Å². The van der Waals surface area contributed by atoms with Gasteiger partial charge in [0.25, 0.3) is 0 Å². The van der Waals surface area contributed by atoms with Gasteiger partial charge in [0.15, 0.2) is 0 Å². The molecular formula is C16H28N2. The number of aryl methyl sites for hydroxylation is 1. The summed E-state index contributed by atoms with van der Waals surface area (Å²) in [5.74, 6) is 1.33. The molecule has 0 bridgehead atoms. The SMILES string of the molecule is CCc1ccc(N(CC(C)C)CC(C)C)cc1N. The maximum absolute atomic E-state index is 6.10. The topological polar surface area (TPSA) is 29.3 Å². The minimum atomic E-state index is 0.663. The van der Waals surface area contributed by atoms with Crippen LogP contribution >= 0.6 is 0 Å². The Balaban J connectivity index is 2.93. The van der Waals surface area contributed by atoms with Crippen LogP contribution in [0.4, 0.5) is 11.4 Å². The van der Waals surface area contributed by atoms with E-state index in [1.807, 2.05) is 0 Å². The van der Waals surface area contributed by atoms with Crippen LogP contribution in [0.1, 0.15) is 40.2 Å². The van der Waals surface area contributed by atoms with Crippen molar-refractivity contribution in [3.8, 4) is 0 Å². The summed E-state index contributed by atoms with van der Waals surface area (Å²) in [5.41, 5.74) is 9.53. The van der Waals surface area contributed by atoms with E-state index in [4.69, 9.17) is 5.73 Å². The molecule has 0 spiro atoms. The Morgan fingerprint density at radius 3 is 2.00 bits per heavy atom. The maximum Gasteiger partial charge on any atom is 0.0387 e. The molecule has 1 rings (SSSR count). The van der Waals surface area contributed by atoms with Crippen LogP contribution in [-0.4, -0.2) is 13.1 Å². The van der Waals surface area contributed by atoms with E-state index in [0.29, 0.717) is 11.8 Å². The van der Waals surface area contributed by atoms with Gasteiger partial charge >= 0.3 is 0 Å². The van der Waals surface area contributed by atoms with E-state index >= 15 is 0 Å². The third-order valence-corrected chi connectivity index (χ3v) is 3.05. The molecule has 0 atom stereocenters. The number of hydrogen-bond donors (Lipinski definition) is 1. The van der Waals surface area contributed by atoms with Crippen molar-refractivity contribution in [2.24, 2.45) is 11.8 Å². The summed E-state index contributed by atoms with van der Waals surface area (Å²) < 4.78 is 0. The van der Waals surface area contributed by atoms with Crippen LogP contribution in [0.3, 0.4) is 0 Å². The second kappa shape index (κ2) is 6.67. The molecule has 0 aromatic heterocycles. The molecule has 0 fully saturated rings. The van der Waals surface area contributed by atoms with Gasteiger partial charge in [0.2, 0.25) is 0 Å². The molecule has 1 aromatic carbocycles. The number of benzene rings is 1. The van der Waals surface area contributed by atoms with Crippen LogP contribution < -0.4 is 10.6 Å². The average molecular weight is 248 g/mol. The first-order valence-electron chi connectivity index (χ1n) is 7.07. The summed E-state index contributed by atoms with van der Waals surface area (Å²) in [7, 11) is 0. The van der Waals surface area contributed by atoms with E-state index in [2.05, 4.69) is 57.7 Å². The Morgan fingerprint density at radius 1 is 1.06 bits per heavy atom. The summed E-state index contributed by atoms with van der Waals surface area (Å²) in [5, 5.41) is 0. The molecule has 0 aliphatic rings. The van der Waals surface area contributed by atoms with Crippen molar-refractivity contribution in [3.05, 3.63) is 23.8 Å². The van der Waals surface area contributed by atoms with Crippen molar-refractivity contribution in [1.82, 2.24) is 0 Å². The first kappa shape index (κ1) is 14.9. The first-order valence-corrected chi connectivity index (χ1v) is 7.07. The Morgan fingerprint density at radius 2 is 1.61 bits per heavy atom. The largest absolute Gasteiger partial charge is 0.398 e. The average Bonchev–Trinajstić information content (AvgIpc) is 2.26. The van der Waals surface area contributed by atoms with Crippen LogP contribution in [0.15, 0.2) is 18.2 Å². The Bertz CT molecular complexity index is 359. The minimum Gasteiger partial charge on any atom is -0.398 e. The number of nitrogens with two attached hydrogens (primary N) is 1. The van der Waals surface area contributed by atoms with Crippen LogP contribution in [0.2, 0.25) is 0 Å². The molecule has 0 saturated heterocycles. The lowest BCUT2D eigenvalue weighted by Gasteiger charge is -2.29. The summed E-state index contributed by atoms with van der Waals surface area (Å²) in [6.45, 7) is 13.4. The standard InChI is InChI=1S/C16H28N2/c1-6-14-7-8-15(9-16(14)17)18(10-12(2)3)11-13(4)5/h7-9,12-13H,6,10-11,17H2,1-5H3. The van der Waals surface area contributed by atoms with Gasteiger partial charge in [-0.3, -0.25) is 0 Å². The number of rotatable bonds is 6. The summed E-state index contributed by atoms with van der Waals surface area (Å²) >= 11 is 0. The molecule has 102 valence electrons. The van der Waals surface area contributed by atoms with Gasteiger partial charge in [-0.2, -0.15) is 0 Å². The predicted molar refractivity (Wildman–Crippen MR) is 82.1 cm³/mol. The molecule has 2 heteroatoms. The summed E-state index contributed by atoms with van der Waals surface area (Å²) in [6.07, 6.45) is 1.00. The third-order valence-electron chi connectivity index (χ3n) is 3.05. The van der Waals surface area contributed by atoms with E-state index < -0.39 is 0 Å². The lowest BCUT2D eigenvalue weighted by atomic mass is 10.1. The first-order chi connectivity index (χ1) is 8.43. The fourth-order valence-corrected chi connectivity index (χ4v) is 2.27. The highest BCUT2D eigenvalue weighted by atomic mass is 15.1. The van der Waals surface area contributed by atoms with Gasteiger partial charge in [0, 0.05) is 24.5 Å². The van der Waals surface area contributed by atoms with Crippen molar-refractivity contribution in [3.63, 3.8) is 0 Å². The van der Waals surface area contributed by atoms with E-state index in [1.54, 1.807) is 0 Å². The van der Waals surface area contributed by atoms with E-state index in [0.717, 1.165) is 25.2 Å². The van der Waals surface area contributed by atoms with Gasteiger partial charge < -0.3 is 10.6 Å². The Labute approximate surface area is 112 Å². The highest BCUT2D eigenvalue weighted by Crippen LogP contribution is 2.23. The molecule has 0 radical (unpaired) electrons. The molecule has 0 saturated carbocycles. The van der Waals surface area contributed by atoms with Crippen molar-refractivity contribution >= 4 is 11.4 Å². The highest BCUT2D eigenvalue weighted by Gasteiger charge is 2.11. The molecule has 18 heavy (non-hydrogen) atoms. The zero-order valence-electron chi connectivity index (χ0n) is 12.5. The second-order valence-corrected chi connectivity index (χ2v) is 5.93.